The molecule has 0 saturated heterocycles. The summed E-state index contributed by atoms with van der Waals surface area (Å²) in [6.45, 7) is 4.00. The highest BCUT2D eigenvalue weighted by Crippen LogP contribution is 2.24. The first-order valence-electron chi connectivity index (χ1n) is 8.44. The summed E-state index contributed by atoms with van der Waals surface area (Å²) in [4.78, 5) is 35.4. The van der Waals surface area contributed by atoms with E-state index in [0.717, 1.165) is 0 Å². The maximum Gasteiger partial charge on any atom is 0.341 e. The minimum Gasteiger partial charge on any atom is -0.481 e. The molecule has 27 heavy (non-hydrogen) atoms. The van der Waals surface area contributed by atoms with Gasteiger partial charge in [-0.1, -0.05) is 6.07 Å². The van der Waals surface area contributed by atoms with Gasteiger partial charge in [-0.2, -0.15) is 0 Å². The minimum absolute atomic E-state index is 0.112. The van der Waals surface area contributed by atoms with E-state index >= 15 is 0 Å². The molecule has 0 fully saturated rings. The fourth-order valence-corrected chi connectivity index (χ4v) is 3.17. The van der Waals surface area contributed by atoms with Crippen molar-refractivity contribution in [3.8, 4) is 5.75 Å². The minimum atomic E-state index is -1.05. The van der Waals surface area contributed by atoms with Gasteiger partial charge in [-0.05, 0) is 55.0 Å². The lowest BCUT2D eigenvalue weighted by Crippen LogP contribution is -2.29. The van der Waals surface area contributed by atoms with E-state index in [1.165, 1.54) is 11.3 Å². The molecular formula is C19H22N2O5S. The van der Waals surface area contributed by atoms with E-state index in [1.54, 1.807) is 32.0 Å². The van der Waals surface area contributed by atoms with Gasteiger partial charge in [0.1, 0.15) is 5.75 Å². The SMILES string of the molecule is Cc1cc(C(=O)NCCCNC(=O)c2cccs2)cc(C)c1OCC(=O)O. The predicted octanol–water partition coefficient (Wildman–Crippen LogP) is 2.38. The highest BCUT2D eigenvalue weighted by atomic mass is 32.1. The molecule has 3 N–H and O–H groups in total. The summed E-state index contributed by atoms with van der Waals surface area (Å²) in [5.41, 5.74) is 1.88. The largest absolute Gasteiger partial charge is 0.481 e. The molecule has 8 heteroatoms. The van der Waals surface area contributed by atoms with Crippen molar-refractivity contribution in [2.24, 2.45) is 0 Å². The van der Waals surface area contributed by atoms with Crippen molar-refractivity contribution in [3.63, 3.8) is 0 Å². The number of ether oxygens (including phenoxy) is 1. The third-order valence-corrected chi connectivity index (χ3v) is 4.60. The van der Waals surface area contributed by atoms with Gasteiger partial charge in [0.15, 0.2) is 6.61 Å². The molecular weight excluding hydrogens is 368 g/mol. The number of rotatable bonds is 9. The maximum absolute atomic E-state index is 12.3. The average molecular weight is 390 g/mol. The summed E-state index contributed by atoms with van der Waals surface area (Å²) in [5, 5.41) is 16.2. The van der Waals surface area contributed by atoms with Crippen LogP contribution in [0.3, 0.4) is 0 Å². The Labute approximate surface area is 161 Å². The molecule has 0 aliphatic heterocycles. The number of carboxylic acids is 1. The lowest BCUT2D eigenvalue weighted by molar-refractivity contribution is -0.139. The highest BCUT2D eigenvalue weighted by molar-refractivity contribution is 7.12. The summed E-state index contributed by atoms with van der Waals surface area (Å²) in [5.74, 6) is -0.915. The van der Waals surface area contributed by atoms with Crippen molar-refractivity contribution in [2.45, 2.75) is 20.3 Å². The second kappa shape index (κ2) is 9.72. The van der Waals surface area contributed by atoms with E-state index in [-0.39, 0.29) is 11.8 Å². The number of carbonyl (C=O) groups excluding carboxylic acids is 2. The Morgan fingerprint density at radius 3 is 2.26 bits per heavy atom. The number of aryl methyl sites for hydroxylation is 2. The zero-order valence-corrected chi connectivity index (χ0v) is 16.0. The van der Waals surface area contributed by atoms with Gasteiger partial charge in [-0.25, -0.2) is 4.79 Å². The van der Waals surface area contributed by atoms with Crippen LogP contribution >= 0.6 is 11.3 Å². The zero-order valence-electron chi connectivity index (χ0n) is 15.2. The number of hydrogen-bond donors (Lipinski definition) is 3. The Morgan fingerprint density at radius 2 is 1.70 bits per heavy atom. The zero-order chi connectivity index (χ0) is 19.8. The molecule has 0 bridgehead atoms. The molecule has 0 aliphatic carbocycles. The van der Waals surface area contributed by atoms with Crippen LogP contribution in [0.2, 0.25) is 0 Å². The van der Waals surface area contributed by atoms with Crippen LogP contribution in [0.4, 0.5) is 0 Å². The topological polar surface area (TPSA) is 105 Å². The van der Waals surface area contributed by atoms with Crippen LogP contribution in [-0.4, -0.2) is 42.6 Å². The number of carboxylic acid groups (broad SMARTS) is 1. The molecule has 2 amide bonds. The van der Waals surface area contributed by atoms with E-state index in [9.17, 15) is 14.4 Å². The Kier molecular flexibility index (Phi) is 7.36. The van der Waals surface area contributed by atoms with Gasteiger partial charge in [0.25, 0.3) is 11.8 Å². The summed E-state index contributed by atoms with van der Waals surface area (Å²) >= 11 is 1.38. The lowest BCUT2D eigenvalue weighted by Gasteiger charge is -2.13. The van der Waals surface area contributed by atoms with Gasteiger partial charge >= 0.3 is 5.97 Å². The van der Waals surface area contributed by atoms with Crippen LogP contribution in [0, 0.1) is 13.8 Å². The van der Waals surface area contributed by atoms with Crippen molar-refractivity contribution < 1.29 is 24.2 Å². The van der Waals surface area contributed by atoms with Gasteiger partial charge < -0.3 is 20.5 Å². The van der Waals surface area contributed by atoms with Gasteiger partial charge in [0.2, 0.25) is 0 Å². The molecule has 7 nitrogen and oxygen atoms in total. The third kappa shape index (κ3) is 6.10. The molecule has 2 rings (SSSR count). The van der Waals surface area contributed by atoms with Crippen molar-refractivity contribution in [1.82, 2.24) is 10.6 Å². The Balaban J connectivity index is 1.80. The number of nitrogens with one attached hydrogen (secondary N) is 2. The van der Waals surface area contributed by atoms with Gasteiger partial charge in [-0.3, -0.25) is 9.59 Å². The molecule has 0 radical (unpaired) electrons. The fraction of sp³-hybridized carbons (Fsp3) is 0.316. The van der Waals surface area contributed by atoms with E-state index in [2.05, 4.69) is 10.6 Å². The predicted molar refractivity (Wildman–Crippen MR) is 103 cm³/mol. The molecule has 1 aromatic heterocycles. The lowest BCUT2D eigenvalue weighted by atomic mass is 10.1. The van der Waals surface area contributed by atoms with E-state index < -0.39 is 12.6 Å². The third-order valence-electron chi connectivity index (χ3n) is 3.73. The molecule has 0 aliphatic rings. The van der Waals surface area contributed by atoms with E-state index in [1.807, 2.05) is 11.4 Å². The van der Waals surface area contributed by atoms with Gasteiger partial charge in [0, 0.05) is 18.7 Å². The van der Waals surface area contributed by atoms with Gasteiger partial charge in [0.05, 0.1) is 4.88 Å². The summed E-state index contributed by atoms with van der Waals surface area (Å²) < 4.78 is 5.26. The quantitative estimate of drug-likeness (QED) is 0.570. The molecule has 0 atom stereocenters. The molecule has 0 unspecified atom stereocenters. The molecule has 144 valence electrons. The first-order chi connectivity index (χ1) is 12.9. The molecule has 0 spiro atoms. The number of amides is 2. The van der Waals surface area contributed by atoms with Crippen LogP contribution in [0.25, 0.3) is 0 Å². The Hall–Kier alpha value is -2.87. The highest BCUT2D eigenvalue weighted by Gasteiger charge is 2.12. The van der Waals surface area contributed by atoms with Crippen molar-refractivity contribution in [3.05, 3.63) is 51.2 Å². The first kappa shape index (κ1) is 20.4. The molecule has 1 aromatic carbocycles. The number of carbonyl (C=O) groups is 3. The first-order valence-corrected chi connectivity index (χ1v) is 9.32. The van der Waals surface area contributed by atoms with E-state index in [0.29, 0.717) is 46.8 Å². The van der Waals surface area contributed by atoms with Crippen LogP contribution in [0.1, 0.15) is 37.6 Å². The Bertz CT molecular complexity index is 795. The van der Waals surface area contributed by atoms with Crippen molar-refractivity contribution in [2.75, 3.05) is 19.7 Å². The second-order valence-electron chi connectivity index (χ2n) is 5.96. The van der Waals surface area contributed by atoms with Crippen LogP contribution in [-0.2, 0) is 4.79 Å². The summed E-state index contributed by atoms with van der Waals surface area (Å²) in [6.07, 6.45) is 0.612. The number of aliphatic carboxylic acids is 1. The number of benzene rings is 1. The average Bonchev–Trinajstić information content (AvgIpc) is 3.14. The van der Waals surface area contributed by atoms with Crippen LogP contribution in [0.15, 0.2) is 29.6 Å². The standard InChI is InChI=1S/C19H22N2O5S/c1-12-9-14(10-13(2)17(12)26-11-16(22)23)18(24)20-6-4-7-21-19(25)15-5-3-8-27-15/h3,5,8-10H,4,6-7,11H2,1-2H3,(H,20,24)(H,21,25)(H,22,23). The maximum atomic E-state index is 12.3. The molecule has 1 heterocycles. The smallest absolute Gasteiger partial charge is 0.341 e. The van der Waals surface area contributed by atoms with Crippen molar-refractivity contribution >= 4 is 29.1 Å². The number of hydrogen-bond acceptors (Lipinski definition) is 5. The summed E-state index contributed by atoms with van der Waals surface area (Å²) in [6, 6.07) is 6.91. The van der Waals surface area contributed by atoms with Crippen molar-refractivity contribution in [1.29, 1.82) is 0 Å². The molecule has 2 aromatic rings. The Morgan fingerprint density at radius 1 is 1.07 bits per heavy atom. The van der Waals surface area contributed by atoms with E-state index in [4.69, 9.17) is 9.84 Å². The fourth-order valence-electron chi connectivity index (χ4n) is 2.53. The number of thiophene rings is 1. The second-order valence-corrected chi connectivity index (χ2v) is 6.91. The molecule has 0 saturated carbocycles. The van der Waals surface area contributed by atoms with Crippen LogP contribution < -0.4 is 15.4 Å². The van der Waals surface area contributed by atoms with Gasteiger partial charge in [-0.15, -0.1) is 11.3 Å². The van der Waals surface area contributed by atoms with Crippen LogP contribution in [0.5, 0.6) is 5.75 Å². The normalized spacial score (nSPS) is 10.3. The summed E-state index contributed by atoms with van der Waals surface area (Å²) in [7, 11) is 0. The monoisotopic (exact) mass is 390 g/mol.